The highest BCUT2D eigenvalue weighted by Gasteiger charge is 2.05. The van der Waals surface area contributed by atoms with Gasteiger partial charge in [-0.2, -0.15) is 0 Å². The molecule has 4 heteroatoms. The van der Waals surface area contributed by atoms with E-state index in [4.69, 9.17) is 19.9 Å². The smallest absolute Gasteiger partial charge is 0.126 e. The minimum Gasteiger partial charge on any atom is -0.497 e. The van der Waals surface area contributed by atoms with E-state index in [1.165, 1.54) is 0 Å². The zero-order valence-corrected chi connectivity index (χ0v) is 11.4. The van der Waals surface area contributed by atoms with E-state index in [-0.39, 0.29) is 6.10 Å². The Bertz CT molecular complexity index is 353. The summed E-state index contributed by atoms with van der Waals surface area (Å²) in [4.78, 5) is 0. The molecular weight excluding hydrogens is 230 g/mol. The SMILES string of the molecule is COc1ccc(CCN)c(OCCOC(C)C)c1. The summed E-state index contributed by atoms with van der Waals surface area (Å²) in [5.74, 6) is 1.61. The predicted molar refractivity (Wildman–Crippen MR) is 72.3 cm³/mol. The maximum absolute atomic E-state index is 5.72. The summed E-state index contributed by atoms with van der Waals surface area (Å²) in [6, 6.07) is 5.80. The molecule has 0 fully saturated rings. The van der Waals surface area contributed by atoms with Crippen molar-refractivity contribution in [2.45, 2.75) is 26.4 Å². The number of hydrogen-bond donors (Lipinski definition) is 1. The highest BCUT2D eigenvalue weighted by Crippen LogP contribution is 2.25. The van der Waals surface area contributed by atoms with Crippen LogP contribution in [0.5, 0.6) is 11.5 Å². The molecule has 102 valence electrons. The second-order valence-electron chi connectivity index (χ2n) is 4.28. The first kappa shape index (κ1) is 14.8. The second kappa shape index (κ2) is 7.95. The van der Waals surface area contributed by atoms with Gasteiger partial charge in [-0.3, -0.25) is 0 Å². The normalized spacial score (nSPS) is 10.7. The molecule has 0 amide bonds. The van der Waals surface area contributed by atoms with Crippen LogP contribution in [0.15, 0.2) is 18.2 Å². The van der Waals surface area contributed by atoms with E-state index in [0.29, 0.717) is 19.8 Å². The lowest BCUT2D eigenvalue weighted by atomic mass is 10.1. The first-order valence-electron chi connectivity index (χ1n) is 6.28. The van der Waals surface area contributed by atoms with Gasteiger partial charge in [-0.05, 0) is 38.4 Å². The molecular formula is C14H23NO3. The summed E-state index contributed by atoms with van der Waals surface area (Å²) in [5, 5.41) is 0. The number of benzene rings is 1. The van der Waals surface area contributed by atoms with Crippen LogP contribution in [0.2, 0.25) is 0 Å². The largest absolute Gasteiger partial charge is 0.497 e. The minimum atomic E-state index is 0.224. The van der Waals surface area contributed by atoms with E-state index in [1.54, 1.807) is 7.11 Å². The maximum atomic E-state index is 5.72. The van der Waals surface area contributed by atoms with E-state index >= 15 is 0 Å². The number of hydrogen-bond acceptors (Lipinski definition) is 4. The van der Waals surface area contributed by atoms with Crippen LogP contribution in [0.1, 0.15) is 19.4 Å². The molecule has 0 aliphatic carbocycles. The lowest BCUT2D eigenvalue weighted by Gasteiger charge is -2.13. The summed E-state index contributed by atoms with van der Waals surface area (Å²) < 4.78 is 16.4. The van der Waals surface area contributed by atoms with E-state index in [9.17, 15) is 0 Å². The number of rotatable bonds is 8. The molecule has 0 spiro atoms. The predicted octanol–water partition coefficient (Wildman–Crippen LogP) is 2.00. The summed E-state index contributed by atoms with van der Waals surface area (Å²) >= 11 is 0. The third-order valence-electron chi connectivity index (χ3n) is 2.48. The highest BCUT2D eigenvalue weighted by atomic mass is 16.5. The second-order valence-corrected chi connectivity index (χ2v) is 4.28. The van der Waals surface area contributed by atoms with Crippen LogP contribution in [-0.4, -0.2) is 33.0 Å². The van der Waals surface area contributed by atoms with Crippen LogP contribution < -0.4 is 15.2 Å². The van der Waals surface area contributed by atoms with Gasteiger partial charge in [-0.15, -0.1) is 0 Å². The summed E-state index contributed by atoms with van der Waals surface area (Å²) in [7, 11) is 1.64. The molecule has 0 radical (unpaired) electrons. The van der Waals surface area contributed by atoms with Crippen molar-refractivity contribution in [1.82, 2.24) is 0 Å². The van der Waals surface area contributed by atoms with Gasteiger partial charge >= 0.3 is 0 Å². The molecule has 0 aromatic heterocycles. The molecule has 0 aliphatic heterocycles. The van der Waals surface area contributed by atoms with Crippen molar-refractivity contribution >= 4 is 0 Å². The fraction of sp³-hybridized carbons (Fsp3) is 0.571. The Balaban J connectivity index is 2.59. The Morgan fingerprint density at radius 1 is 1.22 bits per heavy atom. The molecule has 0 unspecified atom stereocenters. The molecule has 1 aromatic rings. The van der Waals surface area contributed by atoms with Gasteiger partial charge in [0.2, 0.25) is 0 Å². The lowest BCUT2D eigenvalue weighted by molar-refractivity contribution is 0.0550. The average molecular weight is 253 g/mol. The number of ether oxygens (including phenoxy) is 3. The van der Waals surface area contributed by atoms with Gasteiger partial charge in [0.1, 0.15) is 18.1 Å². The minimum absolute atomic E-state index is 0.224. The Morgan fingerprint density at radius 3 is 2.61 bits per heavy atom. The molecule has 2 N–H and O–H groups in total. The quantitative estimate of drug-likeness (QED) is 0.720. The maximum Gasteiger partial charge on any atom is 0.126 e. The molecule has 0 aliphatic rings. The third-order valence-corrected chi connectivity index (χ3v) is 2.48. The van der Waals surface area contributed by atoms with Crippen LogP contribution in [0.25, 0.3) is 0 Å². The summed E-state index contributed by atoms with van der Waals surface area (Å²) in [5.41, 5.74) is 6.68. The standard InChI is InChI=1S/C14H23NO3/c1-11(2)17-8-9-18-14-10-13(16-3)5-4-12(14)6-7-15/h4-5,10-11H,6-9,15H2,1-3H3. The first-order chi connectivity index (χ1) is 8.67. The van der Waals surface area contributed by atoms with Crippen molar-refractivity contribution in [3.8, 4) is 11.5 Å². The van der Waals surface area contributed by atoms with Crippen LogP contribution >= 0.6 is 0 Å². The van der Waals surface area contributed by atoms with Crippen LogP contribution in [0.4, 0.5) is 0 Å². The van der Waals surface area contributed by atoms with Gasteiger partial charge in [0, 0.05) is 6.07 Å². The summed E-state index contributed by atoms with van der Waals surface area (Å²) in [6.07, 6.45) is 1.02. The van der Waals surface area contributed by atoms with Gasteiger partial charge in [-0.25, -0.2) is 0 Å². The van der Waals surface area contributed by atoms with Gasteiger partial charge in [-0.1, -0.05) is 6.07 Å². The Kier molecular flexibility index (Phi) is 6.54. The molecule has 18 heavy (non-hydrogen) atoms. The molecule has 1 rings (SSSR count). The number of nitrogens with two attached hydrogens (primary N) is 1. The molecule has 0 heterocycles. The van der Waals surface area contributed by atoms with Crippen molar-refractivity contribution in [3.05, 3.63) is 23.8 Å². The number of methoxy groups -OCH3 is 1. The zero-order valence-electron chi connectivity index (χ0n) is 11.4. The van der Waals surface area contributed by atoms with E-state index in [2.05, 4.69) is 0 Å². The lowest BCUT2D eigenvalue weighted by Crippen LogP contribution is -2.12. The van der Waals surface area contributed by atoms with Crippen molar-refractivity contribution in [1.29, 1.82) is 0 Å². The molecule has 0 atom stereocenters. The third kappa shape index (κ3) is 4.94. The molecule has 0 saturated heterocycles. The average Bonchev–Trinajstić information content (AvgIpc) is 2.36. The molecule has 4 nitrogen and oxygen atoms in total. The van der Waals surface area contributed by atoms with E-state index in [1.807, 2.05) is 32.0 Å². The highest BCUT2D eigenvalue weighted by molar-refractivity contribution is 5.40. The Labute approximate surface area is 109 Å². The molecule has 0 saturated carbocycles. The Hall–Kier alpha value is -1.26. The van der Waals surface area contributed by atoms with Crippen LogP contribution in [0, 0.1) is 0 Å². The topological polar surface area (TPSA) is 53.7 Å². The van der Waals surface area contributed by atoms with E-state index < -0.39 is 0 Å². The first-order valence-corrected chi connectivity index (χ1v) is 6.28. The van der Waals surface area contributed by atoms with Crippen molar-refractivity contribution < 1.29 is 14.2 Å². The zero-order chi connectivity index (χ0) is 13.4. The molecule has 1 aromatic carbocycles. The van der Waals surface area contributed by atoms with Crippen LogP contribution in [0.3, 0.4) is 0 Å². The van der Waals surface area contributed by atoms with Gasteiger partial charge < -0.3 is 19.9 Å². The van der Waals surface area contributed by atoms with Gasteiger partial charge in [0.05, 0.1) is 19.8 Å². The summed E-state index contributed by atoms with van der Waals surface area (Å²) in [6.45, 7) is 5.72. The Morgan fingerprint density at radius 2 is 2.00 bits per heavy atom. The van der Waals surface area contributed by atoms with Crippen LogP contribution in [-0.2, 0) is 11.2 Å². The van der Waals surface area contributed by atoms with Crippen molar-refractivity contribution in [2.24, 2.45) is 5.73 Å². The monoisotopic (exact) mass is 253 g/mol. The van der Waals surface area contributed by atoms with E-state index in [0.717, 1.165) is 23.5 Å². The fourth-order valence-electron chi connectivity index (χ4n) is 1.59. The fourth-order valence-corrected chi connectivity index (χ4v) is 1.59. The van der Waals surface area contributed by atoms with Crippen molar-refractivity contribution in [3.63, 3.8) is 0 Å². The molecule has 0 bridgehead atoms. The van der Waals surface area contributed by atoms with Crippen molar-refractivity contribution in [2.75, 3.05) is 26.9 Å². The van der Waals surface area contributed by atoms with Gasteiger partial charge in [0.15, 0.2) is 0 Å². The van der Waals surface area contributed by atoms with Gasteiger partial charge in [0.25, 0.3) is 0 Å².